The molecule has 0 saturated carbocycles. The zero-order valence-electron chi connectivity index (χ0n) is 14.1. The molecule has 1 amide bonds. The summed E-state index contributed by atoms with van der Waals surface area (Å²) in [6.07, 6.45) is 5.24. The van der Waals surface area contributed by atoms with Gasteiger partial charge in [0.25, 0.3) is 11.6 Å². The van der Waals surface area contributed by atoms with E-state index in [2.05, 4.69) is 15.4 Å². The van der Waals surface area contributed by atoms with Crippen LogP contribution in [0.25, 0.3) is 11.3 Å². The number of aromatic nitrogens is 3. The van der Waals surface area contributed by atoms with Crippen LogP contribution in [0.1, 0.15) is 15.9 Å². The number of rotatable bonds is 6. The maximum atomic E-state index is 12.3. The fourth-order valence-corrected chi connectivity index (χ4v) is 2.61. The van der Waals surface area contributed by atoms with E-state index in [1.807, 2.05) is 24.4 Å². The molecule has 0 aliphatic heterocycles. The van der Waals surface area contributed by atoms with E-state index in [0.29, 0.717) is 24.2 Å². The molecule has 0 fully saturated rings. The zero-order valence-corrected chi connectivity index (χ0v) is 14.1. The molecule has 0 aliphatic rings. The van der Waals surface area contributed by atoms with Crippen molar-refractivity contribution in [1.29, 1.82) is 0 Å². The van der Waals surface area contributed by atoms with Gasteiger partial charge in [-0.15, -0.1) is 0 Å². The Morgan fingerprint density at radius 1 is 1.23 bits per heavy atom. The average molecular weight is 351 g/mol. The lowest BCUT2D eigenvalue weighted by molar-refractivity contribution is -0.385. The van der Waals surface area contributed by atoms with Crippen molar-refractivity contribution in [2.75, 3.05) is 6.54 Å². The number of pyridine rings is 1. The first-order valence-electron chi connectivity index (χ1n) is 8.02. The second-order valence-corrected chi connectivity index (χ2v) is 5.66. The maximum Gasteiger partial charge on any atom is 0.273 e. The molecule has 0 saturated heterocycles. The molecule has 132 valence electrons. The highest BCUT2D eigenvalue weighted by Gasteiger charge is 2.17. The van der Waals surface area contributed by atoms with Gasteiger partial charge in [0, 0.05) is 47.9 Å². The van der Waals surface area contributed by atoms with E-state index in [4.69, 9.17) is 0 Å². The molecule has 3 rings (SSSR count). The molecule has 8 nitrogen and oxygen atoms in total. The molecule has 0 unspecified atom stereocenters. The number of nitrogens with zero attached hydrogens (tertiary/aromatic N) is 4. The summed E-state index contributed by atoms with van der Waals surface area (Å²) in [7, 11) is 0. The number of hydrogen-bond donors (Lipinski definition) is 1. The van der Waals surface area contributed by atoms with Gasteiger partial charge in [-0.2, -0.15) is 5.10 Å². The van der Waals surface area contributed by atoms with Crippen molar-refractivity contribution >= 4 is 11.6 Å². The van der Waals surface area contributed by atoms with Crippen LogP contribution in [0.4, 0.5) is 5.69 Å². The van der Waals surface area contributed by atoms with Crippen LogP contribution in [0.2, 0.25) is 0 Å². The monoisotopic (exact) mass is 351 g/mol. The molecule has 2 heterocycles. The maximum absolute atomic E-state index is 12.3. The second-order valence-electron chi connectivity index (χ2n) is 5.66. The number of benzene rings is 1. The molecule has 0 bridgehead atoms. The van der Waals surface area contributed by atoms with Crippen molar-refractivity contribution in [3.8, 4) is 11.3 Å². The normalized spacial score (nSPS) is 10.5. The van der Waals surface area contributed by atoms with Crippen LogP contribution in [0.5, 0.6) is 0 Å². The molecule has 0 radical (unpaired) electrons. The van der Waals surface area contributed by atoms with Crippen LogP contribution in [0, 0.1) is 17.0 Å². The van der Waals surface area contributed by atoms with E-state index < -0.39 is 4.92 Å². The van der Waals surface area contributed by atoms with Crippen LogP contribution >= 0.6 is 0 Å². The van der Waals surface area contributed by atoms with E-state index in [1.54, 1.807) is 30.1 Å². The van der Waals surface area contributed by atoms with Gasteiger partial charge in [0.05, 0.1) is 17.2 Å². The number of amides is 1. The Kier molecular flexibility index (Phi) is 5.02. The minimum absolute atomic E-state index is 0.0632. The lowest BCUT2D eigenvalue weighted by Crippen LogP contribution is -2.28. The highest BCUT2D eigenvalue weighted by atomic mass is 16.6. The summed E-state index contributed by atoms with van der Waals surface area (Å²) in [5.41, 5.74) is 2.39. The fraction of sp³-hybridized carbons (Fsp3) is 0.167. The molecule has 0 aliphatic carbocycles. The van der Waals surface area contributed by atoms with Crippen LogP contribution < -0.4 is 5.32 Å². The highest BCUT2D eigenvalue weighted by Crippen LogP contribution is 2.21. The molecule has 1 aromatic carbocycles. The van der Waals surface area contributed by atoms with E-state index >= 15 is 0 Å². The summed E-state index contributed by atoms with van der Waals surface area (Å²) in [6.45, 7) is 2.42. The summed E-state index contributed by atoms with van der Waals surface area (Å²) in [4.78, 5) is 26.7. The molecule has 0 spiro atoms. The first kappa shape index (κ1) is 17.3. The minimum Gasteiger partial charge on any atom is -0.350 e. The molecule has 1 N–H and O–H groups in total. The third kappa shape index (κ3) is 3.75. The van der Waals surface area contributed by atoms with Gasteiger partial charge in [0.1, 0.15) is 0 Å². The standard InChI is InChI=1S/C18H17N5O3/c1-13-15(3-2-4-17(13)23(25)26)18(24)20-10-12-22-11-7-16(21-22)14-5-8-19-9-6-14/h2-9,11H,10,12H2,1H3,(H,20,24). The van der Waals surface area contributed by atoms with Gasteiger partial charge < -0.3 is 5.32 Å². The quantitative estimate of drug-likeness (QED) is 0.543. The van der Waals surface area contributed by atoms with Gasteiger partial charge in [-0.05, 0) is 31.2 Å². The Labute approximate surface area is 149 Å². The summed E-state index contributed by atoms with van der Waals surface area (Å²) in [5, 5.41) is 18.2. The SMILES string of the molecule is Cc1c(C(=O)NCCn2ccc(-c3ccncc3)n2)cccc1[N+](=O)[O-]. The molecule has 2 aromatic heterocycles. The van der Waals surface area contributed by atoms with Crippen molar-refractivity contribution in [3.05, 3.63) is 76.2 Å². The van der Waals surface area contributed by atoms with Gasteiger partial charge >= 0.3 is 0 Å². The van der Waals surface area contributed by atoms with Gasteiger partial charge in [0.15, 0.2) is 0 Å². The second kappa shape index (κ2) is 7.56. The Morgan fingerprint density at radius 2 is 2.00 bits per heavy atom. The number of carbonyl (C=O) groups is 1. The van der Waals surface area contributed by atoms with Crippen molar-refractivity contribution in [2.24, 2.45) is 0 Å². The van der Waals surface area contributed by atoms with E-state index in [0.717, 1.165) is 11.3 Å². The predicted molar refractivity (Wildman–Crippen MR) is 95.6 cm³/mol. The molecular weight excluding hydrogens is 334 g/mol. The van der Waals surface area contributed by atoms with Gasteiger partial charge in [-0.3, -0.25) is 24.6 Å². The Balaban J connectivity index is 1.60. The Hall–Kier alpha value is -3.55. The largest absolute Gasteiger partial charge is 0.350 e. The summed E-state index contributed by atoms with van der Waals surface area (Å²) < 4.78 is 1.73. The number of nitro benzene ring substituents is 1. The lowest BCUT2D eigenvalue weighted by Gasteiger charge is -2.08. The number of carbonyl (C=O) groups excluding carboxylic acids is 1. The molecular formula is C18H17N5O3. The van der Waals surface area contributed by atoms with Gasteiger partial charge in [0.2, 0.25) is 0 Å². The van der Waals surface area contributed by atoms with Crippen molar-refractivity contribution in [3.63, 3.8) is 0 Å². The van der Waals surface area contributed by atoms with Crippen molar-refractivity contribution in [1.82, 2.24) is 20.1 Å². The van der Waals surface area contributed by atoms with Crippen molar-refractivity contribution < 1.29 is 9.72 Å². The van der Waals surface area contributed by atoms with Crippen molar-refractivity contribution in [2.45, 2.75) is 13.5 Å². The Bertz CT molecular complexity index is 937. The average Bonchev–Trinajstić information content (AvgIpc) is 3.11. The van der Waals surface area contributed by atoms with Crippen LogP contribution in [0.15, 0.2) is 55.0 Å². The van der Waals surface area contributed by atoms with Gasteiger partial charge in [-0.25, -0.2) is 0 Å². The number of nitro groups is 1. The first-order valence-corrected chi connectivity index (χ1v) is 8.02. The topological polar surface area (TPSA) is 103 Å². The molecule has 26 heavy (non-hydrogen) atoms. The minimum atomic E-state index is -0.490. The molecule has 8 heteroatoms. The van der Waals surface area contributed by atoms with Crippen LogP contribution in [-0.2, 0) is 6.54 Å². The van der Waals surface area contributed by atoms with E-state index in [1.165, 1.54) is 12.1 Å². The molecule has 3 aromatic rings. The fourth-order valence-electron chi connectivity index (χ4n) is 2.61. The highest BCUT2D eigenvalue weighted by molar-refractivity contribution is 5.96. The molecule has 0 atom stereocenters. The first-order chi connectivity index (χ1) is 12.6. The summed E-state index contributed by atoms with van der Waals surface area (Å²) in [6, 6.07) is 10.1. The van der Waals surface area contributed by atoms with E-state index in [9.17, 15) is 14.9 Å². The number of nitrogens with one attached hydrogen (secondary N) is 1. The number of hydrogen-bond acceptors (Lipinski definition) is 5. The predicted octanol–water partition coefficient (Wildman–Crippen LogP) is 2.59. The Morgan fingerprint density at radius 3 is 2.73 bits per heavy atom. The van der Waals surface area contributed by atoms with Crippen LogP contribution in [0.3, 0.4) is 0 Å². The lowest BCUT2D eigenvalue weighted by atomic mass is 10.1. The zero-order chi connectivity index (χ0) is 18.5. The third-order valence-electron chi connectivity index (χ3n) is 3.99. The van der Waals surface area contributed by atoms with Gasteiger partial charge in [-0.1, -0.05) is 6.07 Å². The van der Waals surface area contributed by atoms with E-state index in [-0.39, 0.29) is 11.6 Å². The third-order valence-corrected chi connectivity index (χ3v) is 3.99. The summed E-state index contributed by atoms with van der Waals surface area (Å²) >= 11 is 0. The smallest absolute Gasteiger partial charge is 0.273 e. The summed E-state index contributed by atoms with van der Waals surface area (Å²) in [5.74, 6) is -0.340. The van der Waals surface area contributed by atoms with Crippen LogP contribution in [-0.4, -0.2) is 32.1 Å².